The summed E-state index contributed by atoms with van der Waals surface area (Å²) >= 11 is 0. The maximum Gasteiger partial charge on any atom is 0.416 e. The third-order valence-electron chi connectivity index (χ3n) is 4.16. The Balaban J connectivity index is 1.87. The van der Waals surface area contributed by atoms with Crippen molar-refractivity contribution in [1.82, 2.24) is 15.5 Å². The summed E-state index contributed by atoms with van der Waals surface area (Å²) < 4.78 is 65.2. The molecule has 0 aliphatic rings. The van der Waals surface area contributed by atoms with Crippen molar-refractivity contribution in [2.45, 2.75) is 20.0 Å². The van der Waals surface area contributed by atoms with Crippen LogP contribution in [-0.2, 0) is 6.18 Å². The number of fused-ring (bicyclic) bond motifs is 1. The second-order valence-electron chi connectivity index (χ2n) is 7.12. The first kappa shape index (κ1) is 22.2. The van der Waals surface area contributed by atoms with Crippen molar-refractivity contribution in [2.75, 3.05) is 11.9 Å². The molecule has 1 aromatic heterocycles. The van der Waals surface area contributed by atoms with Crippen LogP contribution in [0.15, 0.2) is 41.4 Å². The van der Waals surface area contributed by atoms with Crippen LogP contribution >= 0.6 is 0 Å². The molecule has 0 radical (unpaired) electrons. The lowest BCUT2D eigenvalue weighted by Gasteiger charge is -2.12. The molecular formula is C20H18F5N5O. The number of nitrogens with zero attached hydrogens (tertiary/aromatic N) is 2. The summed E-state index contributed by atoms with van der Waals surface area (Å²) in [6.45, 7) is 4.09. The van der Waals surface area contributed by atoms with Crippen LogP contribution in [0.1, 0.15) is 29.8 Å². The number of benzene rings is 2. The number of aromatic nitrogens is 2. The summed E-state index contributed by atoms with van der Waals surface area (Å²) in [5.74, 6) is -2.81. The van der Waals surface area contributed by atoms with Gasteiger partial charge in [-0.3, -0.25) is 20.2 Å². The third kappa shape index (κ3) is 5.36. The van der Waals surface area contributed by atoms with Crippen molar-refractivity contribution in [3.05, 3.63) is 59.2 Å². The second kappa shape index (κ2) is 8.70. The highest BCUT2D eigenvalue weighted by Crippen LogP contribution is 2.32. The van der Waals surface area contributed by atoms with Crippen LogP contribution < -0.4 is 10.6 Å². The van der Waals surface area contributed by atoms with Gasteiger partial charge in [0.1, 0.15) is 0 Å². The van der Waals surface area contributed by atoms with Gasteiger partial charge < -0.3 is 5.32 Å². The van der Waals surface area contributed by atoms with E-state index in [9.17, 15) is 26.7 Å². The molecule has 1 heterocycles. The first-order chi connectivity index (χ1) is 14.5. The summed E-state index contributed by atoms with van der Waals surface area (Å²) in [6.07, 6.45) is -4.50. The predicted molar refractivity (Wildman–Crippen MR) is 106 cm³/mol. The molecule has 0 saturated heterocycles. The average molecular weight is 439 g/mol. The third-order valence-corrected chi connectivity index (χ3v) is 4.16. The van der Waals surface area contributed by atoms with Crippen LogP contribution in [0.3, 0.4) is 0 Å². The number of hydrogen-bond donors (Lipinski definition) is 3. The van der Waals surface area contributed by atoms with Crippen LogP contribution in [0.4, 0.5) is 27.8 Å². The van der Waals surface area contributed by atoms with Crippen LogP contribution in [0.2, 0.25) is 0 Å². The van der Waals surface area contributed by atoms with Gasteiger partial charge in [0.15, 0.2) is 17.5 Å². The molecule has 0 spiro atoms. The molecule has 0 bridgehead atoms. The van der Waals surface area contributed by atoms with Crippen LogP contribution in [0.5, 0.6) is 0 Å². The first-order valence-corrected chi connectivity index (χ1v) is 9.18. The number of carbonyl (C=O) groups excluding carboxylic acids is 1. The lowest BCUT2D eigenvalue weighted by atomic mass is 10.1. The van der Waals surface area contributed by atoms with E-state index in [0.29, 0.717) is 11.9 Å². The quantitative estimate of drug-likeness (QED) is 0.313. The summed E-state index contributed by atoms with van der Waals surface area (Å²) in [7, 11) is 0. The van der Waals surface area contributed by atoms with E-state index in [4.69, 9.17) is 0 Å². The number of amides is 1. The molecule has 3 aromatic rings. The largest absolute Gasteiger partial charge is 0.416 e. The fourth-order valence-electron chi connectivity index (χ4n) is 2.60. The zero-order chi connectivity index (χ0) is 22.8. The van der Waals surface area contributed by atoms with E-state index in [-0.39, 0.29) is 28.8 Å². The highest BCUT2D eigenvalue weighted by molar-refractivity contribution is 6.11. The Kier molecular flexibility index (Phi) is 6.23. The first-order valence-electron chi connectivity index (χ1n) is 9.18. The van der Waals surface area contributed by atoms with Gasteiger partial charge >= 0.3 is 6.18 Å². The number of aliphatic imine (C=N–C) groups is 1. The minimum Gasteiger partial charge on any atom is -0.309 e. The van der Waals surface area contributed by atoms with E-state index in [0.717, 1.165) is 30.3 Å². The van der Waals surface area contributed by atoms with E-state index in [1.807, 2.05) is 13.8 Å². The molecule has 3 N–H and O–H groups in total. The molecule has 0 atom stereocenters. The lowest BCUT2D eigenvalue weighted by Crippen LogP contribution is -2.36. The SMILES string of the molecule is CC(C)CN=C(NC(=O)c1ccc(F)c(F)c1)Nc1n[nH]c2cc(C(F)(F)F)ccc12. The number of nitrogens with one attached hydrogen (secondary N) is 3. The van der Waals surface area contributed by atoms with Crippen LogP contribution in [-0.4, -0.2) is 28.6 Å². The van der Waals surface area contributed by atoms with Crippen molar-refractivity contribution in [3.8, 4) is 0 Å². The number of H-pyrrole nitrogens is 1. The van der Waals surface area contributed by atoms with Gasteiger partial charge in [-0.1, -0.05) is 13.8 Å². The monoisotopic (exact) mass is 439 g/mol. The standard InChI is InChI=1S/C20H18F5N5O/c1-10(2)9-26-19(28-18(31)11-3-6-14(21)15(22)7-11)27-17-13-5-4-12(20(23,24)25)8-16(13)29-30-17/h3-8,10H,9H2,1-2H3,(H3,26,27,28,29,30,31). The Morgan fingerprint density at radius 2 is 1.87 bits per heavy atom. The van der Waals surface area contributed by atoms with E-state index < -0.39 is 29.3 Å². The minimum absolute atomic E-state index is 0.0447. The Bertz CT molecular complexity index is 1140. The minimum atomic E-state index is -4.50. The molecule has 0 fully saturated rings. The topological polar surface area (TPSA) is 82.2 Å². The maximum atomic E-state index is 13.4. The number of alkyl halides is 3. The predicted octanol–water partition coefficient (Wildman–Crippen LogP) is 4.71. The van der Waals surface area contributed by atoms with Gasteiger partial charge in [0.05, 0.1) is 11.1 Å². The van der Waals surface area contributed by atoms with Gasteiger partial charge in [-0.15, -0.1) is 0 Å². The van der Waals surface area contributed by atoms with Crippen molar-refractivity contribution < 1.29 is 26.7 Å². The molecule has 11 heteroatoms. The van der Waals surface area contributed by atoms with Crippen molar-refractivity contribution in [3.63, 3.8) is 0 Å². The molecule has 31 heavy (non-hydrogen) atoms. The molecule has 1 amide bonds. The Hall–Kier alpha value is -3.50. The Morgan fingerprint density at radius 3 is 2.52 bits per heavy atom. The van der Waals surface area contributed by atoms with E-state index >= 15 is 0 Å². The maximum absolute atomic E-state index is 13.4. The molecular weight excluding hydrogens is 421 g/mol. The molecule has 3 rings (SSSR count). The van der Waals surface area contributed by atoms with Crippen molar-refractivity contribution in [1.29, 1.82) is 0 Å². The molecule has 2 aromatic carbocycles. The van der Waals surface area contributed by atoms with Crippen molar-refractivity contribution in [2.24, 2.45) is 10.9 Å². The van der Waals surface area contributed by atoms with Gasteiger partial charge in [-0.25, -0.2) is 8.78 Å². The van der Waals surface area contributed by atoms with E-state index in [1.54, 1.807) is 0 Å². The van der Waals surface area contributed by atoms with Gasteiger partial charge in [0.25, 0.3) is 5.91 Å². The number of carbonyl (C=O) groups is 1. The smallest absolute Gasteiger partial charge is 0.309 e. The molecule has 0 aliphatic heterocycles. The van der Waals surface area contributed by atoms with Crippen molar-refractivity contribution >= 4 is 28.6 Å². The van der Waals surface area contributed by atoms with E-state index in [2.05, 4.69) is 25.8 Å². The number of halogens is 5. The number of hydrogen-bond acceptors (Lipinski definition) is 3. The average Bonchev–Trinajstić information content (AvgIpc) is 3.09. The molecule has 6 nitrogen and oxygen atoms in total. The second-order valence-corrected chi connectivity index (χ2v) is 7.12. The fraction of sp³-hybridized carbons (Fsp3) is 0.250. The number of anilines is 1. The molecule has 0 unspecified atom stereocenters. The fourth-order valence-corrected chi connectivity index (χ4v) is 2.60. The van der Waals surface area contributed by atoms with E-state index in [1.165, 1.54) is 6.07 Å². The Morgan fingerprint density at radius 1 is 1.13 bits per heavy atom. The summed E-state index contributed by atoms with van der Waals surface area (Å²) in [5, 5.41) is 12.0. The zero-order valence-corrected chi connectivity index (χ0v) is 16.4. The van der Waals surface area contributed by atoms with Gasteiger partial charge in [0, 0.05) is 17.5 Å². The summed E-state index contributed by atoms with van der Waals surface area (Å²) in [4.78, 5) is 16.7. The van der Waals surface area contributed by atoms with Gasteiger partial charge in [-0.05, 0) is 42.3 Å². The van der Waals surface area contributed by atoms with Gasteiger partial charge in [-0.2, -0.15) is 18.3 Å². The molecule has 0 aliphatic carbocycles. The highest BCUT2D eigenvalue weighted by atomic mass is 19.4. The molecule has 164 valence electrons. The number of guanidine groups is 1. The highest BCUT2D eigenvalue weighted by Gasteiger charge is 2.31. The zero-order valence-electron chi connectivity index (χ0n) is 16.4. The van der Waals surface area contributed by atoms with Gasteiger partial charge in [0.2, 0.25) is 5.96 Å². The molecule has 0 saturated carbocycles. The lowest BCUT2D eigenvalue weighted by molar-refractivity contribution is -0.137. The summed E-state index contributed by atoms with van der Waals surface area (Å²) in [5.41, 5.74) is -0.845. The number of aromatic amines is 1. The normalized spacial score (nSPS) is 12.5. The van der Waals surface area contributed by atoms with Crippen LogP contribution in [0.25, 0.3) is 10.9 Å². The number of rotatable bonds is 4. The summed E-state index contributed by atoms with van der Waals surface area (Å²) in [6, 6.07) is 5.74. The Labute approximate surface area is 173 Å². The van der Waals surface area contributed by atoms with Crippen LogP contribution in [0, 0.1) is 17.6 Å².